The number of hydrogen-bond acceptors (Lipinski definition) is 3. The number of carbonyl (C=O) groups excluding carboxylic acids is 1. The van der Waals surface area contributed by atoms with Crippen molar-refractivity contribution in [3.8, 4) is 0 Å². The molecule has 3 heterocycles. The summed E-state index contributed by atoms with van der Waals surface area (Å²) in [6, 6.07) is 4.32. The van der Waals surface area contributed by atoms with Gasteiger partial charge in [0.2, 0.25) is 0 Å². The molecule has 0 spiro atoms. The molecule has 0 unspecified atom stereocenters. The van der Waals surface area contributed by atoms with E-state index in [1.54, 1.807) is 0 Å². The van der Waals surface area contributed by atoms with Gasteiger partial charge in [-0.15, -0.1) is 0 Å². The van der Waals surface area contributed by atoms with Crippen molar-refractivity contribution >= 4 is 5.91 Å². The van der Waals surface area contributed by atoms with Crippen LogP contribution in [0, 0.1) is 0 Å². The van der Waals surface area contributed by atoms with Gasteiger partial charge in [0.25, 0.3) is 5.91 Å². The van der Waals surface area contributed by atoms with E-state index in [2.05, 4.69) is 9.88 Å². The highest BCUT2D eigenvalue weighted by molar-refractivity contribution is 5.93. The second-order valence-electron chi connectivity index (χ2n) is 6.57. The van der Waals surface area contributed by atoms with E-state index in [0.29, 0.717) is 32.0 Å². The van der Waals surface area contributed by atoms with Crippen LogP contribution in [0.25, 0.3) is 0 Å². The van der Waals surface area contributed by atoms with Crippen molar-refractivity contribution in [3.05, 3.63) is 24.0 Å². The van der Waals surface area contributed by atoms with E-state index in [-0.39, 0.29) is 5.91 Å². The summed E-state index contributed by atoms with van der Waals surface area (Å²) in [4.78, 5) is 14.6. The topological polar surface area (TPSA) is 57.5 Å². The smallest absolute Gasteiger partial charge is 0.270 e. The molecule has 2 saturated heterocycles. The van der Waals surface area contributed by atoms with Gasteiger partial charge < -0.3 is 19.9 Å². The van der Waals surface area contributed by atoms with Crippen LogP contribution in [0.5, 0.6) is 0 Å². The Labute approximate surface area is 125 Å². The molecule has 1 aromatic rings. The average molecular weight is 291 g/mol. The number of amides is 1. The molecule has 2 N–H and O–H groups in total. The van der Waals surface area contributed by atoms with Crippen LogP contribution in [0.2, 0.25) is 0 Å². The molecule has 0 bridgehead atoms. The molecule has 5 heteroatoms. The van der Waals surface area contributed by atoms with Gasteiger partial charge in [-0.05, 0) is 57.8 Å². The van der Waals surface area contributed by atoms with Gasteiger partial charge in [-0.3, -0.25) is 4.79 Å². The minimum Gasteiger partial charge on any atom is -0.390 e. The first-order valence-corrected chi connectivity index (χ1v) is 7.96. The number of nitrogens with zero attached hydrogens (tertiary/aromatic N) is 2. The summed E-state index contributed by atoms with van der Waals surface area (Å²) in [5.41, 5.74) is 0.178. The third kappa shape index (κ3) is 3.14. The minimum absolute atomic E-state index is 0.106. The lowest BCUT2D eigenvalue weighted by molar-refractivity contribution is -0.00239. The summed E-state index contributed by atoms with van der Waals surface area (Å²) in [7, 11) is 0. The van der Waals surface area contributed by atoms with E-state index in [1.165, 1.54) is 0 Å². The normalized spacial score (nSPS) is 23.2. The molecule has 0 radical (unpaired) electrons. The summed E-state index contributed by atoms with van der Waals surface area (Å²) < 4.78 is 2.15. The van der Waals surface area contributed by atoms with Crippen molar-refractivity contribution in [1.82, 2.24) is 14.8 Å². The first kappa shape index (κ1) is 14.6. The Hall–Kier alpha value is -1.33. The van der Waals surface area contributed by atoms with Crippen LogP contribution in [0.3, 0.4) is 0 Å². The van der Waals surface area contributed by atoms with Crippen molar-refractivity contribution in [3.63, 3.8) is 0 Å². The Balaban J connectivity index is 1.72. The molecular weight excluding hydrogens is 266 g/mol. The Kier molecular flexibility index (Phi) is 4.04. The van der Waals surface area contributed by atoms with Crippen molar-refractivity contribution in [1.29, 1.82) is 0 Å². The second-order valence-corrected chi connectivity index (χ2v) is 6.57. The molecule has 0 saturated carbocycles. The average Bonchev–Trinajstić information content (AvgIpc) is 2.97. The summed E-state index contributed by atoms with van der Waals surface area (Å²) in [6.45, 7) is 5.17. The maximum atomic E-state index is 12.7. The van der Waals surface area contributed by atoms with Crippen LogP contribution in [0.1, 0.15) is 49.1 Å². The Morgan fingerprint density at radius 3 is 2.67 bits per heavy atom. The van der Waals surface area contributed by atoms with Gasteiger partial charge in [0.1, 0.15) is 5.69 Å². The fourth-order valence-corrected chi connectivity index (χ4v) is 3.33. The van der Waals surface area contributed by atoms with Gasteiger partial charge in [0.05, 0.1) is 5.60 Å². The fraction of sp³-hybridized carbons (Fsp3) is 0.688. The largest absolute Gasteiger partial charge is 0.390 e. The number of aromatic nitrogens is 1. The molecule has 0 atom stereocenters. The molecule has 21 heavy (non-hydrogen) atoms. The number of hydrogen-bond donors (Lipinski definition) is 2. The lowest BCUT2D eigenvalue weighted by Crippen LogP contribution is -2.45. The maximum Gasteiger partial charge on any atom is 0.270 e. The number of rotatable bonds is 2. The van der Waals surface area contributed by atoms with Crippen molar-refractivity contribution in [2.45, 2.75) is 44.2 Å². The molecule has 3 rings (SSSR count). The quantitative estimate of drug-likeness (QED) is 0.866. The first-order chi connectivity index (χ1) is 10.1. The van der Waals surface area contributed by atoms with Gasteiger partial charge in [0.15, 0.2) is 0 Å². The Morgan fingerprint density at radius 2 is 2.00 bits per heavy atom. The van der Waals surface area contributed by atoms with Crippen molar-refractivity contribution in [2.75, 3.05) is 26.2 Å². The molecule has 0 aromatic carbocycles. The second kappa shape index (κ2) is 5.81. The van der Waals surface area contributed by atoms with Crippen LogP contribution >= 0.6 is 0 Å². The van der Waals surface area contributed by atoms with E-state index in [9.17, 15) is 9.90 Å². The van der Waals surface area contributed by atoms with Gasteiger partial charge in [0, 0.05) is 25.3 Å². The van der Waals surface area contributed by atoms with E-state index < -0.39 is 5.60 Å². The predicted molar refractivity (Wildman–Crippen MR) is 81.3 cm³/mol. The zero-order valence-electron chi connectivity index (χ0n) is 12.7. The minimum atomic E-state index is -0.617. The van der Waals surface area contributed by atoms with Crippen LogP contribution in [-0.4, -0.2) is 52.3 Å². The van der Waals surface area contributed by atoms with Gasteiger partial charge in [-0.25, -0.2) is 0 Å². The van der Waals surface area contributed by atoms with E-state index >= 15 is 0 Å². The summed E-state index contributed by atoms with van der Waals surface area (Å²) in [5.74, 6) is 0.106. The monoisotopic (exact) mass is 291 g/mol. The van der Waals surface area contributed by atoms with Crippen molar-refractivity contribution < 1.29 is 9.90 Å². The number of likely N-dealkylation sites (tertiary alicyclic amines) is 1. The highest BCUT2D eigenvalue weighted by Gasteiger charge is 2.31. The summed E-state index contributed by atoms with van der Waals surface area (Å²) >= 11 is 0. The highest BCUT2D eigenvalue weighted by Crippen LogP contribution is 2.25. The molecular formula is C16H25N3O2. The zero-order chi connectivity index (χ0) is 14.9. The molecule has 1 amide bonds. The lowest BCUT2D eigenvalue weighted by Gasteiger charge is -2.36. The SMILES string of the molecule is CC1(O)CCN(C(=O)c2cccn2C2CCNCC2)CC1. The maximum absolute atomic E-state index is 12.7. The van der Waals surface area contributed by atoms with Crippen LogP contribution < -0.4 is 5.32 Å². The van der Waals surface area contributed by atoms with E-state index in [4.69, 9.17) is 0 Å². The molecule has 116 valence electrons. The number of carbonyl (C=O) groups is 1. The fourth-order valence-electron chi connectivity index (χ4n) is 3.33. The molecule has 1 aromatic heterocycles. The number of aliphatic hydroxyl groups is 1. The third-order valence-electron chi connectivity index (χ3n) is 4.83. The van der Waals surface area contributed by atoms with Crippen molar-refractivity contribution in [2.24, 2.45) is 0 Å². The zero-order valence-corrected chi connectivity index (χ0v) is 12.7. The van der Waals surface area contributed by atoms with E-state index in [0.717, 1.165) is 31.6 Å². The van der Waals surface area contributed by atoms with Crippen LogP contribution in [-0.2, 0) is 0 Å². The predicted octanol–water partition coefficient (Wildman–Crippen LogP) is 1.40. The van der Waals surface area contributed by atoms with E-state index in [1.807, 2.05) is 30.2 Å². The molecule has 0 aliphatic carbocycles. The number of nitrogens with one attached hydrogen (secondary N) is 1. The number of piperidine rings is 2. The standard InChI is InChI=1S/C16H25N3O2/c1-16(21)6-11-18(12-7-16)15(20)14-3-2-10-19(14)13-4-8-17-9-5-13/h2-3,10,13,17,21H,4-9,11-12H2,1H3. The molecule has 5 nitrogen and oxygen atoms in total. The first-order valence-electron chi connectivity index (χ1n) is 7.96. The van der Waals surface area contributed by atoms with Gasteiger partial charge >= 0.3 is 0 Å². The molecule has 2 aliphatic rings. The Bertz CT molecular complexity index is 493. The van der Waals surface area contributed by atoms with Gasteiger partial charge in [-0.1, -0.05) is 0 Å². The van der Waals surface area contributed by atoms with Gasteiger partial charge in [-0.2, -0.15) is 0 Å². The Morgan fingerprint density at radius 1 is 1.33 bits per heavy atom. The lowest BCUT2D eigenvalue weighted by atomic mass is 9.94. The van der Waals surface area contributed by atoms with Crippen LogP contribution in [0.4, 0.5) is 0 Å². The highest BCUT2D eigenvalue weighted by atomic mass is 16.3. The molecule has 2 aliphatic heterocycles. The third-order valence-corrected chi connectivity index (χ3v) is 4.83. The molecule has 2 fully saturated rings. The summed E-state index contributed by atoms with van der Waals surface area (Å²) in [6.07, 6.45) is 5.50. The summed E-state index contributed by atoms with van der Waals surface area (Å²) in [5, 5.41) is 13.4. The van der Waals surface area contributed by atoms with Crippen LogP contribution in [0.15, 0.2) is 18.3 Å².